The Labute approximate surface area is 268 Å². The van der Waals surface area contributed by atoms with E-state index < -0.39 is 30.0 Å². The number of amides is 3. The van der Waals surface area contributed by atoms with Gasteiger partial charge in [0.05, 0.1) is 6.33 Å². The monoisotopic (exact) mass is 635 g/mol. The highest BCUT2D eigenvalue weighted by Crippen LogP contribution is 2.42. The highest BCUT2D eigenvalue weighted by molar-refractivity contribution is 5.95. The fraction of sp³-hybridized carbons (Fsp3) is 0.594. The van der Waals surface area contributed by atoms with E-state index in [1.165, 1.54) is 12.7 Å². The molecule has 14 heteroatoms. The lowest BCUT2D eigenvalue weighted by molar-refractivity contribution is -0.123. The van der Waals surface area contributed by atoms with E-state index in [1.54, 1.807) is 28.8 Å². The van der Waals surface area contributed by atoms with Crippen molar-refractivity contribution in [3.8, 4) is 0 Å². The Hall–Kier alpha value is -3.85. The number of hydrogen-bond acceptors (Lipinski definition) is 10. The summed E-state index contributed by atoms with van der Waals surface area (Å²) in [7, 11) is 0. The lowest BCUT2D eigenvalue weighted by Gasteiger charge is -2.36. The normalized spacial score (nSPS) is 27.9. The summed E-state index contributed by atoms with van der Waals surface area (Å²) >= 11 is 0. The van der Waals surface area contributed by atoms with Gasteiger partial charge in [0.25, 0.3) is 0 Å². The number of likely N-dealkylation sites (tertiary alicyclic amines) is 1. The molecular weight excluding hydrogens is 590 g/mol. The van der Waals surface area contributed by atoms with Gasteiger partial charge in [0, 0.05) is 48.5 Å². The van der Waals surface area contributed by atoms with Crippen LogP contribution in [0.1, 0.15) is 53.7 Å². The number of ether oxygens (including phenoxy) is 1. The van der Waals surface area contributed by atoms with Crippen molar-refractivity contribution in [2.24, 2.45) is 17.3 Å². The van der Waals surface area contributed by atoms with Crippen LogP contribution in [0, 0.1) is 17.3 Å². The minimum absolute atomic E-state index is 0.0688. The van der Waals surface area contributed by atoms with Gasteiger partial charge in [-0.3, -0.25) is 14.3 Å². The molecule has 1 saturated carbocycles. The molecular formula is C32H45N9O5. The van der Waals surface area contributed by atoms with Crippen molar-refractivity contribution >= 4 is 40.3 Å². The molecule has 3 aromatic rings. The van der Waals surface area contributed by atoms with Gasteiger partial charge in [-0.05, 0) is 62.8 Å². The number of rotatable bonds is 7. The molecule has 248 valence electrons. The number of carbonyl (C=O) groups excluding carboxylic acids is 2. The van der Waals surface area contributed by atoms with Crippen LogP contribution < -0.4 is 16.4 Å². The highest BCUT2D eigenvalue weighted by atomic mass is 16.6. The first-order valence-electron chi connectivity index (χ1n) is 16.0. The number of aliphatic hydroxyl groups excluding tert-OH is 2. The van der Waals surface area contributed by atoms with Crippen LogP contribution >= 0.6 is 0 Å². The van der Waals surface area contributed by atoms with Gasteiger partial charge in [-0.2, -0.15) is 0 Å². The summed E-state index contributed by atoms with van der Waals surface area (Å²) in [6.07, 6.45) is 0.977. The van der Waals surface area contributed by atoms with E-state index in [2.05, 4.69) is 44.3 Å². The lowest BCUT2D eigenvalue weighted by atomic mass is 9.95. The van der Waals surface area contributed by atoms with E-state index in [1.807, 2.05) is 25.7 Å². The van der Waals surface area contributed by atoms with Gasteiger partial charge in [0.2, 0.25) is 5.91 Å². The van der Waals surface area contributed by atoms with Gasteiger partial charge >= 0.3 is 6.03 Å². The first kappa shape index (κ1) is 32.1. The summed E-state index contributed by atoms with van der Waals surface area (Å²) in [4.78, 5) is 42.1. The second-order valence-corrected chi connectivity index (χ2v) is 14.2. The van der Waals surface area contributed by atoms with Crippen molar-refractivity contribution in [1.29, 1.82) is 0 Å². The average Bonchev–Trinajstić information content (AvgIpc) is 3.76. The van der Waals surface area contributed by atoms with Crippen molar-refractivity contribution < 1.29 is 24.5 Å². The number of urea groups is 1. The Morgan fingerprint density at radius 1 is 1.02 bits per heavy atom. The number of nitrogens with two attached hydrogens (primary N) is 1. The van der Waals surface area contributed by atoms with Crippen LogP contribution in [0.3, 0.4) is 0 Å². The number of nitrogen functional groups attached to an aromatic ring is 1. The Balaban J connectivity index is 1.03. The van der Waals surface area contributed by atoms with E-state index in [9.17, 15) is 19.8 Å². The number of nitrogens with zero attached hydrogens (tertiary/aromatic N) is 6. The van der Waals surface area contributed by atoms with E-state index in [-0.39, 0.29) is 29.8 Å². The topological polar surface area (TPSA) is 184 Å². The zero-order valence-electron chi connectivity index (χ0n) is 27.0. The van der Waals surface area contributed by atoms with Gasteiger partial charge in [0.15, 0.2) is 17.7 Å². The number of nitrogens with one attached hydrogen (secondary N) is 2. The third kappa shape index (κ3) is 6.26. The van der Waals surface area contributed by atoms with Crippen LogP contribution in [0.25, 0.3) is 11.2 Å². The van der Waals surface area contributed by atoms with Gasteiger partial charge in [-0.1, -0.05) is 20.8 Å². The lowest BCUT2D eigenvalue weighted by Crippen LogP contribution is -2.47. The maximum absolute atomic E-state index is 13.1. The predicted molar refractivity (Wildman–Crippen MR) is 173 cm³/mol. The molecule has 4 heterocycles. The summed E-state index contributed by atoms with van der Waals surface area (Å²) in [5.74, 6) is 0.921. The minimum atomic E-state index is -1.17. The maximum atomic E-state index is 13.1. The molecule has 1 aromatic carbocycles. The van der Waals surface area contributed by atoms with Crippen molar-refractivity contribution in [1.82, 2.24) is 29.3 Å². The first-order valence-corrected chi connectivity index (χ1v) is 16.0. The molecule has 3 amide bonds. The van der Waals surface area contributed by atoms with E-state index in [0.29, 0.717) is 54.0 Å². The second-order valence-electron chi connectivity index (χ2n) is 14.2. The molecule has 6 atom stereocenters. The van der Waals surface area contributed by atoms with Crippen LogP contribution in [0.15, 0.2) is 36.9 Å². The van der Waals surface area contributed by atoms with Gasteiger partial charge in [0.1, 0.15) is 30.2 Å². The zero-order valence-corrected chi connectivity index (χ0v) is 27.0. The first-order chi connectivity index (χ1) is 21.8. The number of anilines is 3. The number of aromatic nitrogens is 4. The number of benzene rings is 1. The van der Waals surface area contributed by atoms with E-state index >= 15 is 0 Å². The summed E-state index contributed by atoms with van der Waals surface area (Å²) in [5.41, 5.74) is 7.65. The number of hydrogen-bond donors (Lipinski definition) is 5. The number of aliphatic hydroxyl groups is 2. The molecule has 2 unspecified atom stereocenters. The minimum Gasteiger partial charge on any atom is -0.387 e. The van der Waals surface area contributed by atoms with Crippen molar-refractivity contribution in [2.45, 2.75) is 84.1 Å². The van der Waals surface area contributed by atoms with E-state index in [0.717, 1.165) is 12.8 Å². The molecule has 6 N–H and O–H groups in total. The zero-order chi connectivity index (χ0) is 32.9. The Morgan fingerprint density at radius 3 is 2.26 bits per heavy atom. The van der Waals surface area contributed by atoms with Crippen LogP contribution in [0.4, 0.5) is 22.0 Å². The summed E-state index contributed by atoms with van der Waals surface area (Å²) in [6, 6.07) is 7.50. The molecule has 6 rings (SSSR count). The predicted octanol–water partition coefficient (Wildman–Crippen LogP) is 2.67. The largest absolute Gasteiger partial charge is 0.387 e. The molecule has 46 heavy (non-hydrogen) atoms. The average molecular weight is 636 g/mol. The summed E-state index contributed by atoms with van der Waals surface area (Å²) in [5, 5.41) is 27.9. The fourth-order valence-corrected chi connectivity index (χ4v) is 7.02. The summed E-state index contributed by atoms with van der Waals surface area (Å²) < 4.78 is 7.85. The number of fused-ring (bicyclic) bond motifs is 2. The molecule has 3 aliphatic rings. The number of imidazole rings is 1. The van der Waals surface area contributed by atoms with E-state index in [4.69, 9.17) is 10.5 Å². The van der Waals surface area contributed by atoms with Gasteiger partial charge in [-0.15, -0.1) is 0 Å². The Morgan fingerprint density at radius 2 is 1.65 bits per heavy atom. The maximum Gasteiger partial charge on any atom is 0.321 e. The highest BCUT2D eigenvalue weighted by Gasteiger charge is 2.48. The van der Waals surface area contributed by atoms with Crippen molar-refractivity contribution in [3.05, 3.63) is 36.9 Å². The molecule has 3 fully saturated rings. The van der Waals surface area contributed by atoms with Crippen molar-refractivity contribution in [2.75, 3.05) is 36.0 Å². The second kappa shape index (κ2) is 12.4. The molecule has 0 radical (unpaired) electrons. The smallest absolute Gasteiger partial charge is 0.321 e. The summed E-state index contributed by atoms with van der Waals surface area (Å²) in [6.45, 7) is 11.7. The molecule has 2 saturated heterocycles. The molecule has 14 nitrogen and oxygen atoms in total. The molecule has 0 bridgehead atoms. The van der Waals surface area contributed by atoms with Crippen LogP contribution in [0.5, 0.6) is 0 Å². The van der Waals surface area contributed by atoms with Gasteiger partial charge in [-0.25, -0.2) is 19.7 Å². The molecule has 0 spiro atoms. The fourth-order valence-electron chi connectivity index (χ4n) is 7.02. The van der Waals surface area contributed by atoms with Crippen LogP contribution in [-0.4, -0.2) is 102 Å². The van der Waals surface area contributed by atoms with Crippen LogP contribution in [0.2, 0.25) is 0 Å². The standard InChI is InChI=1S/C32H45N9O5/c1-17(2)40(14-23-25(42)26(43)29(46-23)41-16-36-24-27(33)34-15-35-28(24)41)22-10-18-12-39(13-19(18)11-22)31(45)38-21-8-6-20(7-9-21)37-30(44)32(3,4)5/h6-9,15-19,22-23,25-26,29,42-43H,10-14H2,1-5H3,(H,37,44)(H,38,45)(H2,33,34,35)/t18?,19?,22?,23-,25-,26-,29-/m1/s1. The number of carbonyl (C=O) groups is 2. The van der Waals surface area contributed by atoms with Crippen LogP contribution in [-0.2, 0) is 9.53 Å². The Kier molecular flexibility index (Phi) is 8.65. The molecule has 2 aromatic heterocycles. The van der Waals surface area contributed by atoms with Gasteiger partial charge < -0.3 is 36.2 Å². The third-order valence-electron chi connectivity index (χ3n) is 9.61. The molecule has 2 aliphatic heterocycles. The SMILES string of the molecule is CC(C)N(C[C@H]1O[C@@H](n2cnc3c(N)ncnc32)[C@H](O)[C@@H]1O)C1CC2CN(C(=O)Nc3ccc(NC(=O)C(C)(C)C)cc3)CC2C1. The Bertz CT molecular complexity index is 1560. The quantitative estimate of drug-likeness (QED) is 0.259. The molecule has 1 aliphatic carbocycles. The third-order valence-corrected chi connectivity index (χ3v) is 9.61. The van der Waals surface area contributed by atoms with Crippen molar-refractivity contribution in [3.63, 3.8) is 0 Å².